The summed E-state index contributed by atoms with van der Waals surface area (Å²) >= 11 is 0. The Bertz CT molecular complexity index is 1240. The van der Waals surface area contributed by atoms with Gasteiger partial charge in [0, 0.05) is 18.5 Å². The van der Waals surface area contributed by atoms with Crippen LogP contribution in [0, 0.1) is 6.92 Å². The molecule has 6 heteroatoms. The normalized spacial score (nSPS) is 10.7. The molecular weight excluding hydrogens is 370 g/mol. The Morgan fingerprint density at radius 1 is 0.966 bits per heavy atom. The van der Waals surface area contributed by atoms with Crippen molar-refractivity contribution in [2.45, 2.75) is 6.92 Å². The Balaban J connectivity index is 1.71. The van der Waals surface area contributed by atoms with Crippen LogP contribution < -0.4 is 14.9 Å². The van der Waals surface area contributed by atoms with Crippen LogP contribution in [0.3, 0.4) is 0 Å². The summed E-state index contributed by atoms with van der Waals surface area (Å²) in [5.41, 5.74) is 1.81. The Hall–Kier alpha value is -3.93. The summed E-state index contributed by atoms with van der Waals surface area (Å²) in [6.07, 6.45) is 3.03. The van der Waals surface area contributed by atoms with Crippen molar-refractivity contribution in [2.24, 2.45) is 0 Å². The van der Waals surface area contributed by atoms with Crippen LogP contribution in [-0.2, 0) is 0 Å². The molecule has 4 rings (SSSR count). The van der Waals surface area contributed by atoms with E-state index in [1.165, 1.54) is 12.4 Å². The molecule has 0 radical (unpaired) electrons. The van der Waals surface area contributed by atoms with Gasteiger partial charge in [0.25, 0.3) is 0 Å². The van der Waals surface area contributed by atoms with Gasteiger partial charge in [-0.1, -0.05) is 12.1 Å². The summed E-state index contributed by atoms with van der Waals surface area (Å²) in [6.45, 7) is 1.73. The van der Waals surface area contributed by atoms with Gasteiger partial charge in [-0.2, -0.15) is 0 Å². The molecule has 0 N–H and O–H groups in total. The van der Waals surface area contributed by atoms with Crippen molar-refractivity contribution in [2.75, 3.05) is 7.11 Å². The second-order valence-corrected chi connectivity index (χ2v) is 6.37. The maximum atomic E-state index is 13.1. The number of methoxy groups -OCH3 is 1. The van der Waals surface area contributed by atoms with Crippen molar-refractivity contribution in [3.63, 3.8) is 0 Å². The van der Waals surface area contributed by atoms with E-state index < -0.39 is 5.97 Å². The molecule has 0 saturated carbocycles. The summed E-state index contributed by atoms with van der Waals surface area (Å²) in [5.74, 6) is 0.960. The summed E-state index contributed by atoms with van der Waals surface area (Å²) < 4.78 is 16.4. The average molecular weight is 387 g/mol. The monoisotopic (exact) mass is 387 g/mol. The number of benzene rings is 2. The maximum Gasteiger partial charge on any atom is 0.343 e. The molecule has 2 aromatic carbocycles. The molecule has 0 aliphatic carbocycles. The van der Waals surface area contributed by atoms with E-state index in [-0.39, 0.29) is 5.43 Å². The third-order valence-electron chi connectivity index (χ3n) is 4.55. The highest BCUT2D eigenvalue weighted by Crippen LogP contribution is 2.27. The SMILES string of the molecule is COc1ccc(-c2c(C)oc3cc(OC(=O)c4ccncc4)ccc3c2=O)cc1. The van der Waals surface area contributed by atoms with E-state index >= 15 is 0 Å². The van der Waals surface area contributed by atoms with Gasteiger partial charge >= 0.3 is 5.97 Å². The Labute approximate surface area is 166 Å². The third-order valence-corrected chi connectivity index (χ3v) is 4.55. The number of rotatable bonds is 4. The molecular formula is C23H17NO5. The largest absolute Gasteiger partial charge is 0.497 e. The lowest BCUT2D eigenvalue weighted by molar-refractivity contribution is 0.0735. The molecule has 0 fully saturated rings. The molecule has 0 atom stereocenters. The van der Waals surface area contributed by atoms with Gasteiger partial charge in [-0.3, -0.25) is 9.78 Å². The van der Waals surface area contributed by atoms with Gasteiger partial charge in [0.05, 0.1) is 23.6 Å². The standard InChI is InChI=1S/C23H17NO5/c1-14-21(15-3-5-17(27-2)6-4-15)22(25)19-8-7-18(13-20(19)28-14)29-23(26)16-9-11-24-12-10-16/h3-13H,1-2H3. The summed E-state index contributed by atoms with van der Waals surface area (Å²) in [4.78, 5) is 29.1. The van der Waals surface area contributed by atoms with Crippen LogP contribution in [0.15, 0.2) is 76.2 Å². The van der Waals surface area contributed by atoms with Crippen LogP contribution in [0.5, 0.6) is 11.5 Å². The van der Waals surface area contributed by atoms with Crippen LogP contribution in [-0.4, -0.2) is 18.1 Å². The zero-order chi connectivity index (χ0) is 20.4. The smallest absolute Gasteiger partial charge is 0.343 e. The van der Waals surface area contributed by atoms with Crippen LogP contribution in [0.25, 0.3) is 22.1 Å². The fraction of sp³-hybridized carbons (Fsp3) is 0.0870. The molecule has 29 heavy (non-hydrogen) atoms. The molecule has 2 heterocycles. The topological polar surface area (TPSA) is 78.6 Å². The number of nitrogens with zero attached hydrogens (tertiary/aromatic N) is 1. The number of esters is 1. The molecule has 0 bridgehead atoms. The van der Waals surface area contributed by atoms with Crippen LogP contribution >= 0.6 is 0 Å². The second-order valence-electron chi connectivity index (χ2n) is 6.37. The van der Waals surface area contributed by atoms with E-state index in [2.05, 4.69) is 4.98 Å². The van der Waals surface area contributed by atoms with Gasteiger partial charge in [-0.15, -0.1) is 0 Å². The van der Waals surface area contributed by atoms with Crippen LogP contribution in [0.4, 0.5) is 0 Å². The number of fused-ring (bicyclic) bond motifs is 1. The predicted octanol–water partition coefficient (Wildman–Crippen LogP) is 4.39. The number of hydrogen-bond acceptors (Lipinski definition) is 6. The molecule has 0 aliphatic heterocycles. The number of aromatic nitrogens is 1. The molecule has 2 aromatic heterocycles. The highest BCUT2D eigenvalue weighted by molar-refractivity contribution is 5.91. The molecule has 0 saturated heterocycles. The van der Waals surface area contributed by atoms with Crippen LogP contribution in [0.1, 0.15) is 16.1 Å². The minimum absolute atomic E-state index is 0.152. The highest BCUT2D eigenvalue weighted by Gasteiger charge is 2.15. The highest BCUT2D eigenvalue weighted by atomic mass is 16.5. The van der Waals surface area contributed by atoms with Gasteiger partial charge in [0.1, 0.15) is 22.8 Å². The summed E-state index contributed by atoms with van der Waals surface area (Å²) in [7, 11) is 1.59. The lowest BCUT2D eigenvalue weighted by Crippen LogP contribution is -2.10. The third kappa shape index (κ3) is 3.60. The fourth-order valence-corrected chi connectivity index (χ4v) is 3.09. The van der Waals surface area contributed by atoms with Crippen molar-refractivity contribution in [3.8, 4) is 22.6 Å². The second kappa shape index (κ2) is 7.59. The number of carbonyl (C=O) groups is 1. The van der Waals surface area contributed by atoms with Crippen molar-refractivity contribution < 1.29 is 18.7 Å². The first-order valence-corrected chi connectivity index (χ1v) is 8.91. The quantitative estimate of drug-likeness (QED) is 0.382. The van der Waals surface area contributed by atoms with E-state index in [4.69, 9.17) is 13.9 Å². The van der Waals surface area contributed by atoms with E-state index in [9.17, 15) is 9.59 Å². The Morgan fingerprint density at radius 2 is 1.66 bits per heavy atom. The first kappa shape index (κ1) is 18.4. The molecule has 6 nitrogen and oxygen atoms in total. The number of hydrogen-bond donors (Lipinski definition) is 0. The van der Waals surface area contributed by atoms with E-state index in [0.717, 1.165) is 5.56 Å². The maximum absolute atomic E-state index is 13.1. The van der Waals surface area contributed by atoms with Gasteiger partial charge in [-0.25, -0.2) is 4.79 Å². The van der Waals surface area contributed by atoms with Crippen molar-refractivity contribution >= 4 is 16.9 Å². The number of ether oxygens (including phenoxy) is 2. The Morgan fingerprint density at radius 3 is 2.34 bits per heavy atom. The average Bonchev–Trinajstić information content (AvgIpc) is 2.74. The minimum atomic E-state index is -0.513. The Kier molecular flexibility index (Phi) is 4.83. The lowest BCUT2D eigenvalue weighted by Gasteiger charge is -2.09. The predicted molar refractivity (Wildman–Crippen MR) is 108 cm³/mol. The molecule has 0 amide bonds. The minimum Gasteiger partial charge on any atom is -0.497 e. The lowest BCUT2D eigenvalue weighted by atomic mass is 10.0. The van der Waals surface area contributed by atoms with Crippen molar-refractivity contribution in [1.29, 1.82) is 0 Å². The van der Waals surface area contributed by atoms with Gasteiger partial charge in [0.2, 0.25) is 5.43 Å². The van der Waals surface area contributed by atoms with Gasteiger partial charge < -0.3 is 13.9 Å². The molecule has 144 valence electrons. The van der Waals surface area contributed by atoms with E-state index in [1.54, 1.807) is 56.5 Å². The molecule has 4 aromatic rings. The first-order valence-electron chi connectivity index (χ1n) is 8.91. The van der Waals surface area contributed by atoms with Gasteiger partial charge in [-0.05, 0) is 48.9 Å². The van der Waals surface area contributed by atoms with E-state index in [1.807, 2.05) is 12.1 Å². The number of pyridine rings is 1. The van der Waals surface area contributed by atoms with Gasteiger partial charge in [0.15, 0.2) is 0 Å². The van der Waals surface area contributed by atoms with E-state index in [0.29, 0.717) is 39.4 Å². The summed E-state index contributed by atoms with van der Waals surface area (Å²) in [6, 6.07) is 15.1. The fourth-order valence-electron chi connectivity index (χ4n) is 3.09. The number of aryl methyl sites for hydroxylation is 1. The zero-order valence-corrected chi connectivity index (χ0v) is 15.8. The first-order chi connectivity index (χ1) is 14.1. The molecule has 0 spiro atoms. The zero-order valence-electron chi connectivity index (χ0n) is 15.8. The summed E-state index contributed by atoms with van der Waals surface area (Å²) in [5, 5.41) is 0.408. The number of carbonyl (C=O) groups excluding carboxylic acids is 1. The molecule has 0 aliphatic rings. The van der Waals surface area contributed by atoms with Crippen LogP contribution in [0.2, 0.25) is 0 Å². The molecule has 0 unspecified atom stereocenters. The van der Waals surface area contributed by atoms with Crippen molar-refractivity contribution in [3.05, 3.63) is 88.5 Å². The van der Waals surface area contributed by atoms with Crippen molar-refractivity contribution in [1.82, 2.24) is 4.98 Å².